The maximum Gasteiger partial charge on any atom is 0.106 e. The Morgan fingerprint density at radius 2 is 1.72 bits per heavy atom. The zero-order valence-corrected chi connectivity index (χ0v) is 26.3. The molecule has 0 bridgehead atoms. The maximum absolute atomic E-state index is 9.98. The van der Waals surface area contributed by atoms with Crippen LogP contribution >= 0.6 is 0 Å². The fraction of sp³-hybridized carbons (Fsp3) is 0.788. The van der Waals surface area contributed by atoms with Crippen molar-refractivity contribution >= 4 is 0 Å². The molecule has 224 valence electrons. The average molecular weight is 545 g/mol. The first-order valence-corrected chi connectivity index (χ1v) is 15.4. The van der Waals surface area contributed by atoms with Crippen LogP contribution in [0.15, 0.2) is 23.8 Å². The molecule has 0 amide bonds. The second-order valence-electron chi connectivity index (χ2n) is 10.8. The van der Waals surface area contributed by atoms with Crippen molar-refractivity contribution in [1.82, 2.24) is 15.1 Å². The Kier molecular flexibility index (Phi) is 20.2. The highest BCUT2D eigenvalue weighted by molar-refractivity contribution is 5.27. The number of terminal acetylenes is 1. The first-order valence-electron chi connectivity index (χ1n) is 15.4. The smallest absolute Gasteiger partial charge is 0.106 e. The summed E-state index contributed by atoms with van der Waals surface area (Å²) in [7, 11) is 1.83. The number of hydrogen-bond donors (Lipinski definition) is 2. The summed E-state index contributed by atoms with van der Waals surface area (Å²) >= 11 is 0. The molecule has 0 radical (unpaired) electrons. The number of hydrogen-bond acceptors (Lipinski definition) is 6. The lowest BCUT2D eigenvalue weighted by atomic mass is 9.83. The van der Waals surface area contributed by atoms with Crippen molar-refractivity contribution in [3.63, 3.8) is 0 Å². The summed E-state index contributed by atoms with van der Waals surface area (Å²) < 4.78 is 5.93. The molecule has 6 nitrogen and oxygen atoms in total. The topological polar surface area (TPSA) is 71.8 Å². The van der Waals surface area contributed by atoms with E-state index < -0.39 is 0 Å². The van der Waals surface area contributed by atoms with Crippen molar-refractivity contribution in [2.45, 2.75) is 110 Å². The number of aliphatic hydroxyl groups excluding tert-OH is 1. The van der Waals surface area contributed by atoms with Crippen LogP contribution in [-0.2, 0) is 4.74 Å². The molecule has 1 heterocycles. The second kappa shape index (κ2) is 21.1. The summed E-state index contributed by atoms with van der Waals surface area (Å²) in [4.78, 5) is 5.08. The lowest BCUT2D eigenvalue weighted by Gasteiger charge is -2.42. The quantitative estimate of drug-likeness (QED) is 0.253. The van der Waals surface area contributed by atoms with Crippen molar-refractivity contribution < 1.29 is 9.84 Å². The average Bonchev–Trinajstić information content (AvgIpc) is 3.78. The number of rotatable bonds is 11. The van der Waals surface area contributed by atoms with Gasteiger partial charge in [0.05, 0.1) is 18.3 Å². The fourth-order valence-electron chi connectivity index (χ4n) is 5.41. The summed E-state index contributed by atoms with van der Waals surface area (Å²) in [5.74, 6) is 0.702. The molecular weight excluding hydrogens is 484 g/mol. The maximum atomic E-state index is 9.98. The van der Waals surface area contributed by atoms with Crippen LogP contribution in [0, 0.1) is 30.1 Å². The Labute approximate surface area is 241 Å². The van der Waals surface area contributed by atoms with E-state index in [2.05, 4.69) is 80.0 Å². The lowest BCUT2D eigenvalue weighted by Crippen LogP contribution is -2.53. The van der Waals surface area contributed by atoms with Crippen molar-refractivity contribution in [1.29, 1.82) is 5.26 Å². The summed E-state index contributed by atoms with van der Waals surface area (Å²) in [5.41, 5.74) is 0.932. The molecule has 1 aliphatic heterocycles. The fourth-order valence-corrected chi connectivity index (χ4v) is 5.41. The van der Waals surface area contributed by atoms with E-state index in [9.17, 15) is 5.11 Å². The van der Waals surface area contributed by atoms with Gasteiger partial charge in [-0.3, -0.25) is 9.80 Å². The monoisotopic (exact) mass is 544 g/mol. The van der Waals surface area contributed by atoms with Gasteiger partial charge < -0.3 is 15.2 Å². The van der Waals surface area contributed by atoms with E-state index in [-0.39, 0.29) is 11.1 Å². The van der Waals surface area contributed by atoms with E-state index in [1.807, 2.05) is 20.9 Å². The van der Waals surface area contributed by atoms with E-state index >= 15 is 0 Å². The summed E-state index contributed by atoms with van der Waals surface area (Å²) in [6.07, 6.45) is 24.6. The lowest BCUT2D eigenvalue weighted by molar-refractivity contribution is 0.0215. The Morgan fingerprint density at radius 1 is 1.13 bits per heavy atom. The van der Waals surface area contributed by atoms with Crippen LogP contribution in [0.4, 0.5) is 0 Å². The SMILES string of the molecule is C#C.CC.CC/C=C(\C=C/CN1CCN(C(CO)C2CCCCC2)CC1)C(C)(C)OCC.CNC1(C#N)CC1. The Bertz CT molecular complexity index is 735. The van der Waals surface area contributed by atoms with Gasteiger partial charge in [-0.25, -0.2) is 0 Å². The third-order valence-electron chi connectivity index (χ3n) is 7.98. The van der Waals surface area contributed by atoms with E-state index in [4.69, 9.17) is 10.00 Å². The third kappa shape index (κ3) is 13.5. The number of nitrogens with one attached hydrogen (secondary N) is 1. The van der Waals surface area contributed by atoms with Gasteiger partial charge in [-0.15, -0.1) is 12.8 Å². The highest BCUT2D eigenvalue weighted by Crippen LogP contribution is 2.33. The predicted molar refractivity (Wildman–Crippen MR) is 167 cm³/mol. The van der Waals surface area contributed by atoms with Crippen LogP contribution in [0.5, 0.6) is 0 Å². The standard InChI is InChI=1S/C24H44N2O2.C5H8N2.C2H6.C2H2/c1-5-11-22(24(3,4)28-6-2)14-10-15-25-16-18-26(19-17-25)23(20-27)21-12-8-7-9-13-21;1-7-5(4-6)2-3-5;2*1-2/h10-11,14,21,23,27H,5-9,12-13,15-20H2,1-4H3;7H,2-3H2,1H3;1-2H3;1-2H/b14-10-,22-11+;;;. The number of piperazine rings is 1. The highest BCUT2D eigenvalue weighted by atomic mass is 16.5. The minimum atomic E-state index is -0.228. The third-order valence-corrected chi connectivity index (χ3v) is 7.98. The van der Waals surface area contributed by atoms with Gasteiger partial charge in [0, 0.05) is 45.4 Å². The number of nitrogens with zero attached hydrogens (tertiary/aromatic N) is 3. The van der Waals surface area contributed by atoms with Gasteiger partial charge in [-0.1, -0.05) is 58.3 Å². The number of allylic oxidation sites excluding steroid dienone is 1. The highest BCUT2D eigenvalue weighted by Gasteiger charge is 2.41. The normalized spacial score (nSPS) is 20.8. The van der Waals surface area contributed by atoms with Crippen LogP contribution in [0.2, 0.25) is 0 Å². The van der Waals surface area contributed by atoms with E-state index in [1.165, 1.54) is 37.7 Å². The Balaban J connectivity index is 0.00000111. The van der Waals surface area contributed by atoms with Gasteiger partial charge in [0.2, 0.25) is 0 Å². The number of ether oxygens (including phenoxy) is 1. The molecule has 2 N–H and O–H groups in total. The Morgan fingerprint density at radius 3 is 2.13 bits per heavy atom. The van der Waals surface area contributed by atoms with Crippen LogP contribution < -0.4 is 5.32 Å². The van der Waals surface area contributed by atoms with E-state index in [0.29, 0.717) is 18.6 Å². The van der Waals surface area contributed by atoms with Crippen molar-refractivity contribution in [2.75, 3.05) is 53.0 Å². The summed E-state index contributed by atoms with van der Waals surface area (Å²) in [6.45, 7) is 18.9. The van der Waals surface area contributed by atoms with Gasteiger partial charge in [0.25, 0.3) is 0 Å². The molecule has 3 rings (SSSR count). The second-order valence-corrected chi connectivity index (χ2v) is 10.8. The molecule has 2 saturated carbocycles. The number of aliphatic hydroxyl groups is 1. The van der Waals surface area contributed by atoms with E-state index in [1.54, 1.807) is 0 Å². The van der Waals surface area contributed by atoms with Crippen molar-refractivity contribution in [3.8, 4) is 18.9 Å². The molecule has 6 heteroatoms. The molecule has 1 unspecified atom stereocenters. The predicted octanol–water partition coefficient (Wildman–Crippen LogP) is 5.79. The molecular formula is C33H60N4O2. The first-order chi connectivity index (χ1) is 18.8. The summed E-state index contributed by atoms with van der Waals surface area (Å²) in [5, 5.41) is 21.3. The van der Waals surface area contributed by atoms with Gasteiger partial charge in [-0.2, -0.15) is 5.26 Å². The number of nitriles is 1. The minimum Gasteiger partial charge on any atom is -0.395 e. The molecule has 0 aromatic heterocycles. The van der Waals surface area contributed by atoms with Crippen LogP contribution in [0.3, 0.4) is 0 Å². The first kappa shape index (κ1) is 37.3. The van der Waals surface area contributed by atoms with Crippen molar-refractivity contribution in [2.24, 2.45) is 5.92 Å². The zero-order valence-electron chi connectivity index (χ0n) is 26.3. The molecule has 0 spiro atoms. The molecule has 0 aromatic carbocycles. The van der Waals surface area contributed by atoms with Gasteiger partial charge in [0.1, 0.15) is 5.54 Å². The molecule has 3 fully saturated rings. The molecule has 0 aromatic rings. The molecule has 3 aliphatic rings. The zero-order chi connectivity index (χ0) is 29.7. The molecule has 39 heavy (non-hydrogen) atoms. The van der Waals surface area contributed by atoms with E-state index in [0.717, 1.165) is 58.6 Å². The van der Waals surface area contributed by atoms with Crippen LogP contribution in [0.1, 0.15) is 92.9 Å². The molecule has 1 saturated heterocycles. The van der Waals surface area contributed by atoms with Crippen LogP contribution in [0.25, 0.3) is 0 Å². The van der Waals surface area contributed by atoms with Gasteiger partial charge in [0.15, 0.2) is 0 Å². The minimum absolute atomic E-state index is 0.111. The Hall–Kier alpha value is -1.67. The van der Waals surface area contributed by atoms with Crippen LogP contribution in [-0.4, -0.2) is 85.1 Å². The summed E-state index contributed by atoms with van der Waals surface area (Å²) in [6, 6.07) is 2.57. The van der Waals surface area contributed by atoms with Crippen molar-refractivity contribution in [3.05, 3.63) is 23.8 Å². The van der Waals surface area contributed by atoms with Gasteiger partial charge in [-0.05, 0) is 71.4 Å². The molecule has 1 atom stereocenters. The molecule has 2 aliphatic carbocycles. The largest absolute Gasteiger partial charge is 0.395 e. The van der Waals surface area contributed by atoms with Gasteiger partial charge >= 0.3 is 0 Å².